The zero-order valence-corrected chi connectivity index (χ0v) is 10.4. The van der Waals surface area contributed by atoms with Crippen molar-refractivity contribution in [2.75, 3.05) is 0 Å². The van der Waals surface area contributed by atoms with Crippen molar-refractivity contribution in [1.29, 1.82) is 0 Å². The van der Waals surface area contributed by atoms with E-state index in [1.54, 1.807) is 24.3 Å². The molecule has 0 fully saturated rings. The molecular formula is C12H9ClN4O2. The van der Waals surface area contributed by atoms with Gasteiger partial charge < -0.3 is 5.11 Å². The van der Waals surface area contributed by atoms with Crippen LogP contribution in [0.5, 0.6) is 5.88 Å². The first-order chi connectivity index (χ1) is 9.15. The Morgan fingerprint density at radius 1 is 1.32 bits per heavy atom. The largest absolute Gasteiger partial charge is 0.493 e. The van der Waals surface area contributed by atoms with Crippen molar-refractivity contribution in [3.05, 3.63) is 57.1 Å². The van der Waals surface area contributed by atoms with E-state index in [1.165, 1.54) is 10.8 Å². The Hall–Kier alpha value is -2.34. The van der Waals surface area contributed by atoms with Crippen molar-refractivity contribution < 1.29 is 5.11 Å². The van der Waals surface area contributed by atoms with Gasteiger partial charge >= 0.3 is 0 Å². The standard InChI is InChI=1S/C12H9ClN4O2/c13-8-3-1-7(2-4-8)5-9-10(18)16-12-14-6-15-17(12)11(9)19/h1-4,6,19H,5H2,(H,14,15,16,18). The highest BCUT2D eigenvalue weighted by atomic mass is 35.5. The number of halogens is 1. The molecule has 0 bridgehead atoms. The highest BCUT2D eigenvalue weighted by molar-refractivity contribution is 6.30. The normalized spacial score (nSPS) is 11.0. The highest BCUT2D eigenvalue weighted by Crippen LogP contribution is 2.17. The number of benzene rings is 1. The van der Waals surface area contributed by atoms with Crippen molar-refractivity contribution >= 4 is 17.4 Å². The molecule has 0 saturated carbocycles. The summed E-state index contributed by atoms with van der Waals surface area (Å²) in [6.45, 7) is 0. The molecule has 0 spiro atoms. The molecule has 6 nitrogen and oxygen atoms in total. The summed E-state index contributed by atoms with van der Waals surface area (Å²) in [4.78, 5) is 18.3. The zero-order chi connectivity index (χ0) is 13.4. The Morgan fingerprint density at radius 3 is 2.79 bits per heavy atom. The first-order valence-corrected chi connectivity index (χ1v) is 5.91. The second kappa shape index (κ2) is 4.40. The lowest BCUT2D eigenvalue weighted by molar-refractivity contribution is 0.427. The van der Waals surface area contributed by atoms with E-state index in [4.69, 9.17) is 11.6 Å². The van der Waals surface area contributed by atoms with Crippen LogP contribution in [0.15, 0.2) is 35.4 Å². The average molecular weight is 277 g/mol. The Kier molecular flexibility index (Phi) is 2.72. The predicted octanol–water partition coefficient (Wildman–Crippen LogP) is 1.37. The highest BCUT2D eigenvalue weighted by Gasteiger charge is 2.13. The first kappa shape index (κ1) is 11.7. The minimum atomic E-state index is -0.382. The van der Waals surface area contributed by atoms with Crippen LogP contribution in [0.3, 0.4) is 0 Å². The van der Waals surface area contributed by atoms with Gasteiger partial charge in [-0.15, -0.1) is 0 Å². The molecule has 0 atom stereocenters. The molecule has 3 aromatic rings. The van der Waals surface area contributed by atoms with E-state index >= 15 is 0 Å². The van der Waals surface area contributed by atoms with E-state index in [-0.39, 0.29) is 29.2 Å². The first-order valence-electron chi connectivity index (χ1n) is 5.53. The van der Waals surface area contributed by atoms with Gasteiger partial charge in [0.1, 0.15) is 6.33 Å². The van der Waals surface area contributed by atoms with E-state index in [0.717, 1.165) is 5.56 Å². The lowest BCUT2D eigenvalue weighted by atomic mass is 10.1. The second-order valence-corrected chi connectivity index (χ2v) is 4.49. The molecule has 0 amide bonds. The molecule has 0 aliphatic carbocycles. The maximum Gasteiger partial charge on any atom is 0.259 e. The minimum Gasteiger partial charge on any atom is -0.493 e. The number of rotatable bonds is 2. The van der Waals surface area contributed by atoms with E-state index in [0.29, 0.717) is 5.02 Å². The van der Waals surface area contributed by atoms with E-state index in [9.17, 15) is 9.90 Å². The third-order valence-electron chi connectivity index (χ3n) is 2.81. The van der Waals surface area contributed by atoms with Crippen LogP contribution >= 0.6 is 11.6 Å². The molecule has 3 rings (SSSR count). The predicted molar refractivity (Wildman–Crippen MR) is 69.5 cm³/mol. The molecule has 0 aliphatic heterocycles. The van der Waals surface area contributed by atoms with Crippen molar-refractivity contribution in [2.45, 2.75) is 6.42 Å². The summed E-state index contributed by atoms with van der Waals surface area (Å²) in [5.74, 6) is 0.00792. The number of nitrogens with one attached hydrogen (secondary N) is 1. The van der Waals surface area contributed by atoms with Crippen molar-refractivity contribution in [3.8, 4) is 5.88 Å². The fourth-order valence-electron chi connectivity index (χ4n) is 1.85. The van der Waals surface area contributed by atoms with Gasteiger partial charge in [0, 0.05) is 11.4 Å². The third-order valence-corrected chi connectivity index (χ3v) is 3.06. The third kappa shape index (κ3) is 2.06. The SMILES string of the molecule is O=c1[nH]c2ncnn2c(O)c1Cc1ccc(Cl)cc1. The van der Waals surface area contributed by atoms with Crippen LogP contribution < -0.4 is 5.56 Å². The number of nitrogens with zero attached hydrogens (tertiary/aromatic N) is 3. The molecule has 0 aliphatic rings. The Labute approximate surface area is 112 Å². The summed E-state index contributed by atoms with van der Waals surface area (Å²) in [5.41, 5.74) is 0.720. The van der Waals surface area contributed by atoms with E-state index in [1.807, 2.05) is 0 Å². The molecule has 0 unspecified atom stereocenters. The molecule has 1 aromatic carbocycles. The molecule has 19 heavy (non-hydrogen) atoms. The molecule has 2 N–H and O–H groups in total. The van der Waals surface area contributed by atoms with Crippen LogP contribution in [0.1, 0.15) is 11.1 Å². The second-order valence-electron chi connectivity index (χ2n) is 4.05. The van der Waals surface area contributed by atoms with Crippen molar-refractivity contribution in [3.63, 3.8) is 0 Å². The number of aromatic nitrogens is 4. The summed E-state index contributed by atoms with van der Waals surface area (Å²) in [6, 6.07) is 7.06. The van der Waals surface area contributed by atoms with Crippen LogP contribution in [-0.4, -0.2) is 24.7 Å². The van der Waals surface area contributed by atoms with Gasteiger partial charge in [0.2, 0.25) is 11.7 Å². The monoisotopic (exact) mass is 276 g/mol. The molecule has 96 valence electrons. The van der Waals surface area contributed by atoms with Crippen LogP contribution in [0.2, 0.25) is 5.02 Å². The van der Waals surface area contributed by atoms with Gasteiger partial charge in [-0.2, -0.15) is 14.6 Å². The average Bonchev–Trinajstić information content (AvgIpc) is 2.85. The zero-order valence-electron chi connectivity index (χ0n) is 9.67. The Bertz CT molecular complexity index is 792. The summed E-state index contributed by atoms with van der Waals surface area (Å²) in [5, 5.41) is 14.5. The smallest absolute Gasteiger partial charge is 0.259 e. The van der Waals surface area contributed by atoms with Gasteiger partial charge in [-0.05, 0) is 17.7 Å². The topological polar surface area (TPSA) is 83.3 Å². The van der Waals surface area contributed by atoms with Gasteiger partial charge in [-0.25, -0.2) is 0 Å². The van der Waals surface area contributed by atoms with E-state index < -0.39 is 0 Å². The minimum absolute atomic E-state index is 0.203. The maximum atomic E-state index is 11.9. The van der Waals surface area contributed by atoms with Gasteiger partial charge in [0.25, 0.3) is 5.56 Å². The van der Waals surface area contributed by atoms with Crippen LogP contribution in [0.25, 0.3) is 5.78 Å². The number of H-pyrrole nitrogens is 1. The fourth-order valence-corrected chi connectivity index (χ4v) is 1.98. The summed E-state index contributed by atoms with van der Waals surface area (Å²) in [7, 11) is 0. The lowest BCUT2D eigenvalue weighted by Crippen LogP contribution is -2.16. The number of hydrogen-bond acceptors (Lipinski definition) is 4. The molecular weight excluding hydrogens is 268 g/mol. The van der Waals surface area contributed by atoms with E-state index in [2.05, 4.69) is 15.1 Å². The molecule has 0 saturated heterocycles. The van der Waals surface area contributed by atoms with Gasteiger partial charge in [-0.1, -0.05) is 23.7 Å². The van der Waals surface area contributed by atoms with Crippen LogP contribution in [0, 0.1) is 0 Å². The van der Waals surface area contributed by atoms with Gasteiger partial charge in [-0.3, -0.25) is 9.78 Å². The van der Waals surface area contributed by atoms with Crippen LogP contribution in [-0.2, 0) is 6.42 Å². The molecule has 2 heterocycles. The molecule has 0 radical (unpaired) electrons. The van der Waals surface area contributed by atoms with Crippen molar-refractivity contribution in [1.82, 2.24) is 19.6 Å². The number of fused-ring (bicyclic) bond motifs is 1. The molecule has 7 heteroatoms. The van der Waals surface area contributed by atoms with Crippen molar-refractivity contribution in [2.24, 2.45) is 0 Å². The van der Waals surface area contributed by atoms with Crippen LogP contribution in [0.4, 0.5) is 0 Å². The molecule has 2 aromatic heterocycles. The van der Waals surface area contributed by atoms with Gasteiger partial charge in [0.05, 0.1) is 5.56 Å². The number of aromatic hydroxyl groups is 1. The number of aromatic amines is 1. The number of hydrogen-bond donors (Lipinski definition) is 2. The fraction of sp³-hybridized carbons (Fsp3) is 0.0833. The summed E-state index contributed by atoms with van der Waals surface area (Å²) < 4.78 is 1.19. The summed E-state index contributed by atoms with van der Waals surface area (Å²) >= 11 is 5.80. The lowest BCUT2D eigenvalue weighted by Gasteiger charge is -2.05. The Balaban J connectivity index is 2.09. The summed E-state index contributed by atoms with van der Waals surface area (Å²) in [6.07, 6.45) is 1.55. The quantitative estimate of drug-likeness (QED) is 0.740. The van der Waals surface area contributed by atoms with Gasteiger partial charge in [0.15, 0.2) is 0 Å². The Morgan fingerprint density at radius 2 is 2.05 bits per heavy atom. The maximum absolute atomic E-state index is 11.9.